The van der Waals surface area contributed by atoms with Gasteiger partial charge in [-0.05, 0) is 35.9 Å². The predicted molar refractivity (Wildman–Crippen MR) is 106 cm³/mol. The van der Waals surface area contributed by atoms with Crippen molar-refractivity contribution in [3.05, 3.63) is 93.1 Å². The van der Waals surface area contributed by atoms with Crippen molar-refractivity contribution in [2.24, 2.45) is 0 Å². The number of rotatable bonds is 4. The molecular weight excluding hydrogens is 340 g/mol. The summed E-state index contributed by atoms with van der Waals surface area (Å²) in [6.07, 6.45) is 0. The Morgan fingerprint density at radius 3 is 2.33 bits per heavy atom. The van der Waals surface area contributed by atoms with E-state index >= 15 is 0 Å². The maximum atomic E-state index is 12.9. The quantitative estimate of drug-likeness (QED) is 0.526. The van der Waals surface area contributed by atoms with Crippen LogP contribution in [0.15, 0.2) is 76.3 Å². The number of hydrogen-bond donors (Lipinski definition) is 0. The van der Waals surface area contributed by atoms with Crippen LogP contribution in [0.2, 0.25) is 0 Å². The minimum absolute atomic E-state index is 0.113. The fraction of sp³-hybridized carbons (Fsp3) is 0.136. The van der Waals surface area contributed by atoms with Crippen LogP contribution < -0.4 is 11.2 Å². The summed E-state index contributed by atoms with van der Waals surface area (Å²) in [5, 5.41) is 2.46. The van der Waals surface area contributed by atoms with E-state index < -0.39 is 5.69 Å². The van der Waals surface area contributed by atoms with Gasteiger partial charge in [-0.3, -0.25) is 18.7 Å². The van der Waals surface area contributed by atoms with Gasteiger partial charge in [0, 0.05) is 12.1 Å². The lowest BCUT2D eigenvalue weighted by Gasteiger charge is -2.13. The van der Waals surface area contributed by atoms with Crippen LogP contribution in [0.1, 0.15) is 17.3 Å². The lowest BCUT2D eigenvalue weighted by Crippen LogP contribution is -2.40. The zero-order valence-electron chi connectivity index (χ0n) is 14.9. The van der Waals surface area contributed by atoms with Gasteiger partial charge in [0.2, 0.25) is 0 Å². The first kappa shape index (κ1) is 17.0. The first-order chi connectivity index (χ1) is 13.1. The smallest absolute Gasteiger partial charge is 0.292 e. The number of carbonyl (C=O) groups excluding carboxylic acids is 1. The van der Waals surface area contributed by atoms with Crippen molar-refractivity contribution in [3.63, 3.8) is 0 Å². The van der Waals surface area contributed by atoms with Gasteiger partial charge in [0.1, 0.15) is 0 Å². The molecule has 0 saturated heterocycles. The Labute approximate surface area is 155 Å². The molecule has 0 atom stereocenters. The molecule has 3 aromatic carbocycles. The van der Waals surface area contributed by atoms with Crippen LogP contribution in [0.4, 0.5) is 0 Å². The topological polar surface area (TPSA) is 61.1 Å². The molecule has 134 valence electrons. The number of nitrogens with zero attached hydrogens (tertiary/aromatic N) is 2. The molecule has 0 unspecified atom stereocenters. The van der Waals surface area contributed by atoms with Crippen LogP contribution in [-0.2, 0) is 13.1 Å². The van der Waals surface area contributed by atoms with Gasteiger partial charge in [0.25, 0.3) is 5.56 Å². The molecule has 0 radical (unpaired) electrons. The zero-order valence-corrected chi connectivity index (χ0v) is 14.9. The average molecular weight is 358 g/mol. The van der Waals surface area contributed by atoms with E-state index in [4.69, 9.17) is 0 Å². The molecular formula is C22H18N2O3. The third kappa shape index (κ3) is 2.87. The molecule has 5 heteroatoms. The second-order valence-corrected chi connectivity index (χ2v) is 6.42. The van der Waals surface area contributed by atoms with Crippen molar-refractivity contribution in [2.45, 2.75) is 20.0 Å². The maximum absolute atomic E-state index is 12.9. The summed E-state index contributed by atoms with van der Waals surface area (Å²) >= 11 is 0. The molecule has 0 N–H and O–H groups in total. The van der Waals surface area contributed by atoms with Gasteiger partial charge in [-0.2, -0.15) is 0 Å². The first-order valence-corrected chi connectivity index (χ1v) is 8.84. The van der Waals surface area contributed by atoms with E-state index in [0.717, 1.165) is 15.3 Å². The van der Waals surface area contributed by atoms with Crippen molar-refractivity contribution in [2.75, 3.05) is 0 Å². The number of benzene rings is 3. The maximum Gasteiger partial charge on any atom is 0.331 e. The molecule has 1 aromatic heterocycles. The Balaban J connectivity index is 1.84. The minimum atomic E-state index is -0.463. The van der Waals surface area contributed by atoms with Gasteiger partial charge in [-0.15, -0.1) is 0 Å². The Kier molecular flexibility index (Phi) is 4.20. The van der Waals surface area contributed by atoms with Crippen LogP contribution >= 0.6 is 0 Å². The molecule has 0 amide bonds. The van der Waals surface area contributed by atoms with E-state index in [1.54, 1.807) is 37.3 Å². The highest BCUT2D eigenvalue weighted by molar-refractivity contribution is 6.00. The van der Waals surface area contributed by atoms with E-state index in [-0.39, 0.29) is 24.4 Å². The van der Waals surface area contributed by atoms with Gasteiger partial charge in [0.15, 0.2) is 5.78 Å². The molecule has 0 spiro atoms. The number of para-hydroxylation sites is 1. The largest absolute Gasteiger partial charge is 0.331 e. The molecule has 1 heterocycles. The molecule has 0 fully saturated rings. The van der Waals surface area contributed by atoms with Crippen molar-refractivity contribution < 1.29 is 4.79 Å². The van der Waals surface area contributed by atoms with E-state index in [2.05, 4.69) is 0 Å². The number of aromatic nitrogens is 2. The predicted octanol–water partition coefficient (Wildman–Crippen LogP) is 3.22. The molecule has 27 heavy (non-hydrogen) atoms. The van der Waals surface area contributed by atoms with Gasteiger partial charge < -0.3 is 0 Å². The Morgan fingerprint density at radius 1 is 0.852 bits per heavy atom. The zero-order chi connectivity index (χ0) is 19.0. The first-order valence-electron chi connectivity index (χ1n) is 8.84. The molecule has 0 saturated carbocycles. The molecule has 0 aliphatic rings. The summed E-state index contributed by atoms with van der Waals surface area (Å²) in [4.78, 5) is 38.2. The normalized spacial score (nSPS) is 11.1. The fourth-order valence-corrected chi connectivity index (χ4v) is 3.40. The SMILES string of the molecule is CCn1c(=O)c2ccccc2n(CC(=O)c2ccc3ccccc3c2)c1=O. The average Bonchev–Trinajstić information content (AvgIpc) is 2.71. The molecule has 4 rings (SSSR count). The summed E-state index contributed by atoms with van der Waals surface area (Å²) < 4.78 is 2.55. The fourth-order valence-electron chi connectivity index (χ4n) is 3.40. The van der Waals surface area contributed by atoms with E-state index in [0.29, 0.717) is 16.5 Å². The lowest BCUT2D eigenvalue weighted by atomic mass is 10.0. The van der Waals surface area contributed by atoms with Gasteiger partial charge in [-0.1, -0.05) is 48.5 Å². The highest BCUT2D eigenvalue weighted by atomic mass is 16.2. The summed E-state index contributed by atoms with van der Waals surface area (Å²) in [6.45, 7) is 1.89. The summed E-state index contributed by atoms with van der Waals surface area (Å²) in [5.41, 5.74) is 0.230. The lowest BCUT2D eigenvalue weighted by molar-refractivity contribution is 0.0971. The molecule has 5 nitrogen and oxygen atoms in total. The second-order valence-electron chi connectivity index (χ2n) is 6.42. The number of ketones is 1. The van der Waals surface area contributed by atoms with E-state index in [1.807, 2.05) is 36.4 Å². The second kappa shape index (κ2) is 6.68. The summed E-state index contributed by atoms with van der Waals surface area (Å²) in [5.74, 6) is -0.172. The number of carbonyl (C=O) groups is 1. The Morgan fingerprint density at radius 2 is 1.56 bits per heavy atom. The molecule has 0 aliphatic heterocycles. The minimum Gasteiger partial charge on any atom is -0.292 e. The summed E-state index contributed by atoms with van der Waals surface area (Å²) in [6, 6.07) is 20.2. The van der Waals surface area contributed by atoms with E-state index in [9.17, 15) is 14.4 Å². The van der Waals surface area contributed by atoms with Crippen LogP contribution in [-0.4, -0.2) is 14.9 Å². The Bertz CT molecular complexity index is 1300. The number of Topliss-reactive ketones (excluding diaryl/α,β-unsaturated/α-hetero) is 1. The van der Waals surface area contributed by atoms with Crippen LogP contribution in [0.25, 0.3) is 21.7 Å². The number of hydrogen-bond acceptors (Lipinski definition) is 3. The van der Waals surface area contributed by atoms with Crippen molar-refractivity contribution >= 4 is 27.5 Å². The van der Waals surface area contributed by atoms with Crippen LogP contribution in [0, 0.1) is 0 Å². The van der Waals surface area contributed by atoms with Gasteiger partial charge in [-0.25, -0.2) is 4.79 Å². The third-order valence-electron chi connectivity index (χ3n) is 4.82. The highest BCUT2D eigenvalue weighted by Crippen LogP contribution is 2.17. The van der Waals surface area contributed by atoms with E-state index in [1.165, 1.54) is 4.57 Å². The molecule has 4 aromatic rings. The van der Waals surface area contributed by atoms with Gasteiger partial charge >= 0.3 is 5.69 Å². The van der Waals surface area contributed by atoms with Crippen molar-refractivity contribution in [3.8, 4) is 0 Å². The number of fused-ring (bicyclic) bond motifs is 2. The van der Waals surface area contributed by atoms with Crippen molar-refractivity contribution in [1.29, 1.82) is 0 Å². The standard InChI is InChI=1S/C22H18N2O3/c1-2-23-21(26)18-9-5-6-10-19(18)24(22(23)27)14-20(25)17-12-11-15-7-3-4-8-16(15)13-17/h3-13H,2,14H2,1H3. The van der Waals surface area contributed by atoms with Crippen LogP contribution in [0.5, 0.6) is 0 Å². The highest BCUT2D eigenvalue weighted by Gasteiger charge is 2.15. The molecule has 0 aliphatic carbocycles. The monoisotopic (exact) mass is 358 g/mol. The summed E-state index contributed by atoms with van der Waals surface area (Å²) in [7, 11) is 0. The Hall–Kier alpha value is -3.47. The van der Waals surface area contributed by atoms with Crippen molar-refractivity contribution in [1.82, 2.24) is 9.13 Å². The van der Waals surface area contributed by atoms with Crippen LogP contribution in [0.3, 0.4) is 0 Å². The van der Waals surface area contributed by atoms with Gasteiger partial charge in [0.05, 0.1) is 17.4 Å². The third-order valence-corrected chi connectivity index (χ3v) is 4.82. The molecule has 0 bridgehead atoms.